The number of hydrogen-bond acceptors (Lipinski definition) is 5. The summed E-state index contributed by atoms with van der Waals surface area (Å²) in [5, 5.41) is 17.4. The Hall–Kier alpha value is -1.67. The predicted octanol–water partition coefficient (Wildman–Crippen LogP) is 0.977. The first-order chi connectivity index (χ1) is 14.0. The van der Waals surface area contributed by atoms with Gasteiger partial charge in [-0.25, -0.2) is 0 Å². The fourth-order valence-electron chi connectivity index (χ4n) is 3.79. The smallest absolute Gasteiger partial charge is 0.223 e. The average Bonchev–Trinajstić information content (AvgIpc) is 2.74. The topological polar surface area (TPSA) is 117 Å². The molecule has 3 unspecified atom stereocenters. The minimum atomic E-state index is -0.409. The van der Waals surface area contributed by atoms with Crippen molar-refractivity contribution in [1.82, 2.24) is 16.0 Å². The average molecular weight is 414 g/mol. The first kappa shape index (κ1) is 25.4. The molecule has 0 heterocycles. The van der Waals surface area contributed by atoms with Crippen molar-refractivity contribution >= 4 is 17.7 Å². The Morgan fingerprint density at radius 2 is 1.28 bits per heavy atom. The number of rotatable bonds is 14. The zero-order valence-electron chi connectivity index (χ0n) is 18.0. The van der Waals surface area contributed by atoms with Crippen molar-refractivity contribution in [1.29, 1.82) is 0 Å². The molecule has 8 nitrogen and oxygen atoms in total. The molecule has 3 atom stereocenters. The Morgan fingerprint density at radius 3 is 1.76 bits per heavy atom. The fraction of sp³-hybridized carbons (Fsp3) is 0.857. The van der Waals surface area contributed by atoms with E-state index in [0.29, 0.717) is 39.0 Å². The molecule has 0 spiro atoms. The van der Waals surface area contributed by atoms with Crippen LogP contribution < -0.4 is 16.0 Å². The molecule has 0 aromatic rings. The van der Waals surface area contributed by atoms with Crippen molar-refractivity contribution in [3.8, 4) is 0 Å². The molecule has 1 rings (SSSR count). The van der Waals surface area contributed by atoms with Crippen molar-refractivity contribution in [2.75, 3.05) is 40.0 Å². The lowest BCUT2D eigenvalue weighted by molar-refractivity contribution is -0.135. The zero-order chi connectivity index (χ0) is 21.5. The van der Waals surface area contributed by atoms with Crippen LogP contribution >= 0.6 is 0 Å². The Morgan fingerprint density at radius 1 is 0.793 bits per heavy atom. The Balaban J connectivity index is 2.61. The van der Waals surface area contributed by atoms with Crippen LogP contribution in [-0.4, -0.2) is 62.8 Å². The van der Waals surface area contributed by atoms with Crippen LogP contribution in [0.2, 0.25) is 0 Å². The largest absolute Gasteiger partial charge is 0.395 e. The summed E-state index contributed by atoms with van der Waals surface area (Å²) < 4.78 is 4.96. The molecule has 1 saturated carbocycles. The fourth-order valence-corrected chi connectivity index (χ4v) is 3.79. The van der Waals surface area contributed by atoms with Gasteiger partial charge in [0.15, 0.2) is 0 Å². The van der Waals surface area contributed by atoms with Crippen molar-refractivity contribution in [3.05, 3.63) is 0 Å². The van der Waals surface area contributed by atoms with Gasteiger partial charge in [-0.3, -0.25) is 14.4 Å². The zero-order valence-corrected chi connectivity index (χ0v) is 18.0. The molecule has 3 amide bonds. The lowest BCUT2D eigenvalue weighted by Gasteiger charge is -2.33. The summed E-state index contributed by atoms with van der Waals surface area (Å²) in [6.07, 6.45) is 6.90. The highest BCUT2D eigenvalue weighted by Gasteiger charge is 2.38. The third-order valence-electron chi connectivity index (χ3n) is 5.42. The number of hydrogen-bond donors (Lipinski definition) is 4. The quantitative estimate of drug-likeness (QED) is 0.317. The summed E-state index contributed by atoms with van der Waals surface area (Å²) in [6.45, 7) is 3.66. The molecule has 1 aliphatic rings. The van der Waals surface area contributed by atoms with Gasteiger partial charge in [-0.1, -0.05) is 32.6 Å². The molecule has 0 aromatic carbocycles. The molecule has 0 saturated heterocycles. The highest BCUT2D eigenvalue weighted by molar-refractivity contribution is 5.85. The van der Waals surface area contributed by atoms with E-state index in [1.165, 1.54) is 19.3 Å². The van der Waals surface area contributed by atoms with Gasteiger partial charge in [-0.15, -0.1) is 0 Å². The van der Waals surface area contributed by atoms with Crippen LogP contribution in [0.25, 0.3) is 0 Å². The summed E-state index contributed by atoms with van der Waals surface area (Å²) in [7, 11) is 1.57. The maximum atomic E-state index is 12.7. The summed E-state index contributed by atoms with van der Waals surface area (Å²) in [5.41, 5.74) is 0. The first-order valence-corrected chi connectivity index (χ1v) is 11.0. The van der Waals surface area contributed by atoms with Gasteiger partial charge < -0.3 is 25.8 Å². The highest BCUT2D eigenvalue weighted by Crippen LogP contribution is 2.34. The van der Waals surface area contributed by atoms with Crippen LogP contribution in [0.4, 0.5) is 0 Å². The minimum absolute atomic E-state index is 0.0742. The molecular formula is C21H39N3O5. The Bertz CT molecular complexity index is 501. The molecular weight excluding hydrogens is 374 g/mol. The molecule has 8 heteroatoms. The molecule has 168 valence electrons. The lowest BCUT2D eigenvalue weighted by Crippen LogP contribution is -2.45. The number of unbranched alkanes of at least 4 members (excludes halogenated alkanes) is 4. The number of nitrogens with one attached hydrogen (secondary N) is 3. The van der Waals surface area contributed by atoms with Gasteiger partial charge in [0.05, 0.1) is 13.2 Å². The van der Waals surface area contributed by atoms with E-state index in [4.69, 9.17) is 9.84 Å². The Kier molecular flexibility index (Phi) is 13.3. The van der Waals surface area contributed by atoms with Crippen LogP contribution in [0.3, 0.4) is 0 Å². The van der Waals surface area contributed by atoms with E-state index < -0.39 is 5.92 Å². The molecule has 0 radical (unpaired) electrons. The summed E-state index contributed by atoms with van der Waals surface area (Å²) in [5.74, 6) is -1.57. The lowest BCUT2D eigenvalue weighted by atomic mass is 9.74. The monoisotopic (exact) mass is 413 g/mol. The van der Waals surface area contributed by atoms with E-state index >= 15 is 0 Å². The Labute approximate surface area is 174 Å². The highest BCUT2D eigenvalue weighted by atomic mass is 16.5. The van der Waals surface area contributed by atoms with Crippen molar-refractivity contribution < 1.29 is 24.2 Å². The van der Waals surface area contributed by atoms with E-state index in [9.17, 15) is 14.4 Å². The summed E-state index contributed by atoms with van der Waals surface area (Å²) >= 11 is 0. The van der Waals surface area contributed by atoms with Crippen LogP contribution in [0.1, 0.15) is 58.3 Å². The number of carbonyl (C=O) groups excluding carboxylic acids is 3. The standard InChI is InChI=1S/C21H39N3O5/c1-3-4-5-6-7-8-22-19(26)16-13-17(20(27)23-9-11-25)15-18(14-16)21(28)24-10-12-29-2/h16-18,25H,3-15H2,1-2H3,(H,22,26)(H,23,27)(H,24,28). The minimum Gasteiger partial charge on any atom is -0.395 e. The molecule has 1 fully saturated rings. The van der Waals surface area contributed by atoms with Gasteiger partial charge >= 0.3 is 0 Å². The number of carbonyl (C=O) groups is 3. The van der Waals surface area contributed by atoms with Gasteiger partial charge in [0, 0.05) is 44.5 Å². The van der Waals surface area contributed by atoms with Gasteiger partial charge in [0.1, 0.15) is 0 Å². The first-order valence-electron chi connectivity index (χ1n) is 11.0. The van der Waals surface area contributed by atoms with E-state index in [-0.39, 0.29) is 42.7 Å². The van der Waals surface area contributed by atoms with Crippen molar-refractivity contribution in [3.63, 3.8) is 0 Å². The second kappa shape index (κ2) is 15.2. The molecule has 0 aliphatic heterocycles. The maximum absolute atomic E-state index is 12.7. The predicted molar refractivity (Wildman–Crippen MR) is 111 cm³/mol. The van der Waals surface area contributed by atoms with E-state index in [1.807, 2.05) is 0 Å². The van der Waals surface area contributed by atoms with Gasteiger partial charge in [0.25, 0.3) is 0 Å². The second-order valence-corrected chi connectivity index (χ2v) is 7.80. The van der Waals surface area contributed by atoms with Crippen LogP contribution in [0, 0.1) is 17.8 Å². The SMILES string of the molecule is CCCCCCCNC(=O)C1CC(C(=O)NCCO)CC(C(=O)NCCOC)C1. The van der Waals surface area contributed by atoms with Crippen molar-refractivity contribution in [2.24, 2.45) is 17.8 Å². The van der Waals surface area contributed by atoms with Crippen molar-refractivity contribution in [2.45, 2.75) is 58.3 Å². The van der Waals surface area contributed by atoms with Crippen LogP contribution in [-0.2, 0) is 19.1 Å². The summed E-state index contributed by atoms with van der Waals surface area (Å²) in [6, 6.07) is 0. The molecule has 29 heavy (non-hydrogen) atoms. The van der Waals surface area contributed by atoms with Gasteiger partial charge in [-0.05, 0) is 25.7 Å². The number of aliphatic hydroxyl groups is 1. The molecule has 0 aromatic heterocycles. The van der Waals surface area contributed by atoms with E-state index in [0.717, 1.165) is 12.8 Å². The van der Waals surface area contributed by atoms with Crippen LogP contribution in [0.5, 0.6) is 0 Å². The second-order valence-electron chi connectivity index (χ2n) is 7.80. The molecule has 4 N–H and O–H groups in total. The number of ether oxygens (including phenoxy) is 1. The summed E-state index contributed by atoms with van der Waals surface area (Å²) in [4.78, 5) is 37.6. The van der Waals surface area contributed by atoms with Gasteiger partial charge in [0.2, 0.25) is 17.7 Å². The third-order valence-corrected chi connectivity index (χ3v) is 5.42. The van der Waals surface area contributed by atoms with Crippen LogP contribution in [0.15, 0.2) is 0 Å². The molecule has 0 bridgehead atoms. The molecule has 1 aliphatic carbocycles. The normalized spacial score (nSPS) is 21.4. The number of aliphatic hydroxyl groups excluding tert-OH is 1. The van der Waals surface area contributed by atoms with E-state index in [2.05, 4.69) is 22.9 Å². The third kappa shape index (κ3) is 10.1. The number of amides is 3. The number of methoxy groups -OCH3 is 1. The van der Waals surface area contributed by atoms with Gasteiger partial charge in [-0.2, -0.15) is 0 Å². The maximum Gasteiger partial charge on any atom is 0.223 e. The van der Waals surface area contributed by atoms with E-state index in [1.54, 1.807) is 7.11 Å².